The first-order chi connectivity index (χ1) is 15.8. The highest BCUT2D eigenvalue weighted by Crippen LogP contribution is 2.22. The zero-order valence-corrected chi connectivity index (χ0v) is 21.0. The molecule has 0 spiro atoms. The molecular weight excluding hydrogens is 461 g/mol. The number of ether oxygens (including phenoxy) is 1. The summed E-state index contributed by atoms with van der Waals surface area (Å²) in [6.45, 7) is 12.7. The van der Waals surface area contributed by atoms with Crippen LogP contribution >= 0.6 is 0 Å². The second-order valence-corrected chi connectivity index (χ2v) is 10.0. The maximum Gasteiger partial charge on any atom is 0.414 e. The van der Waals surface area contributed by atoms with E-state index in [2.05, 4.69) is 27.2 Å². The van der Waals surface area contributed by atoms with E-state index in [4.69, 9.17) is 4.74 Å². The summed E-state index contributed by atoms with van der Waals surface area (Å²) in [6.07, 6.45) is 3.58. The first kappa shape index (κ1) is 26.9. The normalized spacial score (nSPS) is 19.3. The molecule has 2 unspecified atom stereocenters. The lowest BCUT2D eigenvalue weighted by atomic mass is 10.0. The van der Waals surface area contributed by atoms with Crippen molar-refractivity contribution in [2.24, 2.45) is 4.99 Å². The fraction of sp³-hybridized carbons (Fsp3) is 0.391. The summed E-state index contributed by atoms with van der Waals surface area (Å²) in [6, 6.07) is 1.82. The van der Waals surface area contributed by atoms with Crippen LogP contribution in [0.2, 0.25) is 0 Å². The van der Waals surface area contributed by atoms with Crippen LogP contribution in [-0.2, 0) is 15.7 Å². The van der Waals surface area contributed by atoms with E-state index in [0.717, 1.165) is 12.3 Å². The summed E-state index contributed by atoms with van der Waals surface area (Å²) in [7, 11) is 0.0723. The topological polar surface area (TPSA) is 113 Å². The standard InChI is InChI=1S/C23H30FN5O4S/c1-8-16(26-20(30)18-10-9-15(24)12-25-18)11-17(14(2)3)19-13-34(32)29(7)21(27-19)28-22(31)33-23(4,5)6/h8-12,19H,2,13H2,1,3-7H3,(H,26,30)(H,27,28,31)/b16-8+,17-11+. The van der Waals surface area contributed by atoms with Gasteiger partial charge in [-0.2, -0.15) is 0 Å². The van der Waals surface area contributed by atoms with Crippen molar-refractivity contribution in [3.63, 3.8) is 0 Å². The molecule has 0 saturated heterocycles. The molecule has 1 aromatic rings. The molecule has 2 N–H and O–H groups in total. The number of alkyl carbamates (subject to hydrolysis) is 1. The van der Waals surface area contributed by atoms with E-state index in [1.807, 2.05) is 0 Å². The maximum atomic E-state index is 13.1. The number of carbonyl (C=O) groups excluding carboxylic acids is 2. The summed E-state index contributed by atoms with van der Waals surface area (Å²) < 4.78 is 32.5. The highest BCUT2D eigenvalue weighted by atomic mass is 32.2. The number of halogens is 1. The second-order valence-electron chi connectivity index (χ2n) is 8.52. The lowest BCUT2D eigenvalue weighted by Crippen LogP contribution is -2.49. The Labute approximate surface area is 201 Å². The van der Waals surface area contributed by atoms with Gasteiger partial charge in [-0.1, -0.05) is 18.2 Å². The Bertz CT molecular complexity index is 1070. The van der Waals surface area contributed by atoms with E-state index in [0.29, 0.717) is 16.8 Å². The molecule has 1 aliphatic heterocycles. The number of amides is 2. The Balaban J connectivity index is 2.31. The van der Waals surface area contributed by atoms with Crippen LogP contribution in [0.3, 0.4) is 0 Å². The molecule has 0 fully saturated rings. The lowest BCUT2D eigenvalue weighted by Gasteiger charge is -2.30. The van der Waals surface area contributed by atoms with Crippen molar-refractivity contribution in [2.75, 3.05) is 12.8 Å². The molecular formula is C23H30FN5O4S. The summed E-state index contributed by atoms with van der Waals surface area (Å²) in [5, 5.41) is 5.26. The number of hydrogen-bond donors (Lipinski definition) is 2. The number of nitrogens with zero attached hydrogens (tertiary/aromatic N) is 3. The lowest BCUT2D eigenvalue weighted by molar-refractivity contribution is 0.0559. The van der Waals surface area contributed by atoms with E-state index >= 15 is 0 Å². The van der Waals surface area contributed by atoms with Gasteiger partial charge in [0.2, 0.25) is 5.96 Å². The van der Waals surface area contributed by atoms with Gasteiger partial charge in [-0.3, -0.25) is 14.4 Å². The fourth-order valence-corrected chi connectivity index (χ4v) is 3.88. The van der Waals surface area contributed by atoms with Crippen molar-refractivity contribution in [3.05, 3.63) is 65.4 Å². The van der Waals surface area contributed by atoms with Crippen molar-refractivity contribution in [1.29, 1.82) is 0 Å². The van der Waals surface area contributed by atoms with Crippen LogP contribution in [0.4, 0.5) is 9.18 Å². The van der Waals surface area contributed by atoms with Gasteiger partial charge in [-0.25, -0.2) is 23.4 Å². The van der Waals surface area contributed by atoms with Gasteiger partial charge in [0.15, 0.2) is 0 Å². The van der Waals surface area contributed by atoms with Crippen molar-refractivity contribution < 1.29 is 22.9 Å². The Morgan fingerprint density at radius 3 is 2.56 bits per heavy atom. The van der Waals surface area contributed by atoms with Crippen LogP contribution in [0.15, 0.2) is 58.9 Å². The Kier molecular flexibility index (Phi) is 8.86. The van der Waals surface area contributed by atoms with Crippen LogP contribution in [0.25, 0.3) is 0 Å². The molecule has 0 radical (unpaired) electrons. The predicted molar refractivity (Wildman–Crippen MR) is 130 cm³/mol. The predicted octanol–water partition coefficient (Wildman–Crippen LogP) is 3.22. The highest BCUT2D eigenvalue weighted by Gasteiger charge is 2.30. The summed E-state index contributed by atoms with van der Waals surface area (Å²) in [5.41, 5.74) is 1.02. The second kappa shape index (κ2) is 11.2. The van der Waals surface area contributed by atoms with E-state index in [1.54, 1.807) is 53.8 Å². The number of aliphatic imine (C=N–C) groups is 1. The van der Waals surface area contributed by atoms with Gasteiger partial charge in [0.1, 0.15) is 28.1 Å². The van der Waals surface area contributed by atoms with Crippen LogP contribution in [-0.4, -0.2) is 55.9 Å². The molecule has 2 amide bonds. The molecule has 2 rings (SSSR count). The molecule has 9 nitrogen and oxygen atoms in total. The molecule has 1 aromatic heterocycles. The SMILES string of the molecule is C=C(C)/C(=C\C(=C/C)NC(=O)c1ccc(F)cn1)C1CS(=O)N(C)C(NC(=O)OC(C)(C)C)=N1. The third kappa shape index (κ3) is 7.62. The van der Waals surface area contributed by atoms with Gasteiger partial charge in [0, 0.05) is 12.7 Å². The van der Waals surface area contributed by atoms with Gasteiger partial charge in [0.05, 0.1) is 18.0 Å². The molecule has 2 heterocycles. The average molecular weight is 492 g/mol. The van der Waals surface area contributed by atoms with Gasteiger partial charge in [-0.15, -0.1) is 0 Å². The van der Waals surface area contributed by atoms with E-state index in [1.165, 1.54) is 10.4 Å². The van der Waals surface area contributed by atoms with Gasteiger partial charge in [0.25, 0.3) is 5.91 Å². The van der Waals surface area contributed by atoms with Crippen LogP contribution in [0, 0.1) is 5.82 Å². The fourth-order valence-electron chi connectivity index (χ4n) is 2.84. The zero-order valence-electron chi connectivity index (χ0n) is 20.1. The number of guanidine groups is 1. The molecule has 34 heavy (non-hydrogen) atoms. The van der Waals surface area contributed by atoms with Gasteiger partial charge in [-0.05, 0) is 58.4 Å². The highest BCUT2D eigenvalue weighted by molar-refractivity contribution is 7.83. The van der Waals surface area contributed by atoms with E-state index in [9.17, 15) is 18.2 Å². The minimum absolute atomic E-state index is 0.0493. The first-order valence-corrected chi connectivity index (χ1v) is 11.7. The van der Waals surface area contributed by atoms with Gasteiger partial charge < -0.3 is 10.1 Å². The molecule has 1 aliphatic rings. The molecule has 0 aliphatic carbocycles. The van der Waals surface area contributed by atoms with Crippen molar-refractivity contribution >= 4 is 28.9 Å². The van der Waals surface area contributed by atoms with Crippen LogP contribution < -0.4 is 10.6 Å². The minimum Gasteiger partial charge on any atom is -0.444 e. The third-order valence-electron chi connectivity index (χ3n) is 4.49. The molecule has 184 valence electrons. The smallest absolute Gasteiger partial charge is 0.414 e. The molecule has 11 heteroatoms. The van der Waals surface area contributed by atoms with Crippen molar-refractivity contribution in [3.8, 4) is 0 Å². The van der Waals surface area contributed by atoms with Crippen LogP contribution in [0.5, 0.6) is 0 Å². The number of allylic oxidation sites excluding steroid dienone is 2. The zero-order chi connectivity index (χ0) is 25.6. The average Bonchev–Trinajstić information content (AvgIpc) is 2.72. The summed E-state index contributed by atoms with van der Waals surface area (Å²) in [4.78, 5) is 33.1. The number of hydrogen-bond acceptors (Lipinski definition) is 6. The Morgan fingerprint density at radius 2 is 2.03 bits per heavy atom. The quantitative estimate of drug-likeness (QED) is 0.614. The Morgan fingerprint density at radius 1 is 1.35 bits per heavy atom. The van der Waals surface area contributed by atoms with Gasteiger partial charge >= 0.3 is 6.09 Å². The first-order valence-electron chi connectivity index (χ1n) is 10.5. The van der Waals surface area contributed by atoms with E-state index in [-0.39, 0.29) is 17.4 Å². The minimum atomic E-state index is -1.48. The van der Waals surface area contributed by atoms with Crippen molar-refractivity contribution in [1.82, 2.24) is 19.9 Å². The largest absolute Gasteiger partial charge is 0.444 e. The molecule has 0 bridgehead atoms. The summed E-state index contributed by atoms with van der Waals surface area (Å²) >= 11 is 0. The third-order valence-corrected chi connectivity index (χ3v) is 5.87. The molecule has 0 aromatic carbocycles. The molecule has 2 atom stereocenters. The van der Waals surface area contributed by atoms with E-state index < -0.39 is 40.4 Å². The van der Waals surface area contributed by atoms with Crippen molar-refractivity contribution in [2.45, 2.75) is 46.3 Å². The number of carbonyl (C=O) groups is 2. The number of rotatable bonds is 5. The monoisotopic (exact) mass is 491 g/mol. The maximum absolute atomic E-state index is 13.1. The number of pyridine rings is 1. The van der Waals surface area contributed by atoms with Crippen LogP contribution in [0.1, 0.15) is 45.1 Å². The number of nitrogens with one attached hydrogen (secondary N) is 2. The molecule has 0 saturated carbocycles. The summed E-state index contributed by atoms with van der Waals surface area (Å²) in [5.74, 6) is -0.819. The number of aromatic nitrogens is 1. The Hall–Kier alpha value is -3.34.